The number of ether oxygens (including phenoxy) is 1. The van der Waals surface area contributed by atoms with Gasteiger partial charge < -0.3 is 20.5 Å². The van der Waals surface area contributed by atoms with Gasteiger partial charge in [0.15, 0.2) is 5.75 Å². The summed E-state index contributed by atoms with van der Waals surface area (Å²) in [5.74, 6) is -0.343. The van der Waals surface area contributed by atoms with Crippen molar-refractivity contribution < 1.29 is 14.6 Å². The van der Waals surface area contributed by atoms with E-state index in [-0.39, 0.29) is 23.6 Å². The van der Waals surface area contributed by atoms with Crippen molar-refractivity contribution in [1.29, 1.82) is 0 Å². The van der Waals surface area contributed by atoms with Crippen molar-refractivity contribution in [2.45, 2.75) is 13.0 Å². The molecular weight excluding hydrogens is 312 g/mol. The van der Waals surface area contributed by atoms with Crippen molar-refractivity contribution in [3.8, 4) is 5.75 Å². The molecule has 19 heavy (non-hydrogen) atoms. The molecule has 0 spiro atoms. The highest BCUT2D eigenvalue weighted by molar-refractivity contribution is 9.10. The van der Waals surface area contributed by atoms with Gasteiger partial charge in [-0.1, -0.05) is 13.0 Å². The van der Waals surface area contributed by atoms with E-state index < -0.39 is 0 Å². The Bertz CT molecular complexity index is 467. The number of carbonyl (C=O) groups excluding carboxylic acids is 1. The van der Waals surface area contributed by atoms with Gasteiger partial charge in [-0.3, -0.25) is 4.79 Å². The van der Waals surface area contributed by atoms with Gasteiger partial charge in [0.05, 0.1) is 29.3 Å². The molecule has 0 bridgehead atoms. The Balaban J connectivity index is 2.06. The smallest absolute Gasteiger partial charge is 0.231 e. The van der Waals surface area contributed by atoms with Crippen LogP contribution < -0.4 is 10.6 Å². The van der Waals surface area contributed by atoms with Crippen molar-refractivity contribution in [3.05, 3.63) is 22.7 Å². The van der Waals surface area contributed by atoms with Gasteiger partial charge in [0.2, 0.25) is 5.91 Å². The average molecular weight is 329 g/mol. The zero-order chi connectivity index (χ0) is 13.8. The van der Waals surface area contributed by atoms with Crippen LogP contribution in [0.3, 0.4) is 0 Å². The molecule has 0 radical (unpaired) electrons. The van der Waals surface area contributed by atoms with Crippen LogP contribution in [0, 0.1) is 5.92 Å². The van der Waals surface area contributed by atoms with Crippen LogP contribution in [0.15, 0.2) is 22.7 Å². The first-order valence-corrected chi connectivity index (χ1v) is 7.02. The molecule has 1 fully saturated rings. The largest absolute Gasteiger partial charge is 0.505 e. The Kier molecular flexibility index (Phi) is 4.79. The molecule has 1 aromatic rings. The van der Waals surface area contributed by atoms with Gasteiger partial charge in [0, 0.05) is 6.04 Å². The van der Waals surface area contributed by atoms with Crippen LogP contribution in [0.5, 0.6) is 5.75 Å². The van der Waals surface area contributed by atoms with E-state index in [2.05, 4.69) is 26.6 Å². The second-order valence-corrected chi connectivity index (χ2v) is 5.29. The van der Waals surface area contributed by atoms with Crippen molar-refractivity contribution >= 4 is 27.5 Å². The van der Waals surface area contributed by atoms with Crippen molar-refractivity contribution in [2.75, 3.05) is 25.1 Å². The quantitative estimate of drug-likeness (QED) is 0.736. The number of benzene rings is 1. The maximum Gasteiger partial charge on any atom is 0.231 e. The van der Waals surface area contributed by atoms with Crippen LogP contribution in [-0.4, -0.2) is 36.8 Å². The summed E-state index contributed by atoms with van der Waals surface area (Å²) < 4.78 is 5.89. The predicted molar refractivity (Wildman–Crippen MR) is 76.2 cm³/mol. The summed E-state index contributed by atoms with van der Waals surface area (Å²) in [4.78, 5) is 12.2. The van der Waals surface area contributed by atoms with E-state index in [0.29, 0.717) is 23.4 Å². The number of hydrogen-bond acceptors (Lipinski definition) is 4. The van der Waals surface area contributed by atoms with E-state index >= 15 is 0 Å². The second-order valence-electron chi connectivity index (χ2n) is 4.43. The Hall–Kier alpha value is -1.11. The van der Waals surface area contributed by atoms with Gasteiger partial charge in [0.1, 0.15) is 0 Å². The van der Waals surface area contributed by atoms with E-state index in [1.165, 1.54) is 0 Å². The lowest BCUT2D eigenvalue weighted by Gasteiger charge is -2.18. The van der Waals surface area contributed by atoms with E-state index in [0.717, 1.165) is 6.54 Å². The molecule has 3 N–H and O–H groups in total. The molecule has 104 valence electrons. The molecule has 0 aliphatic carbocycles. The minimum absolute atomic E-state index is 0.0271. The third kappa shape index (κ3) is 3.26. The Morgan fingerprint density at radius 1 is 1.53 bits per heavy atom. The molecule has 1 amide bonds. The number of anilines is 1. The molecule has 5 nitrogen and oxygen atoms in total. The lowest BCUT2D eigenvalue weighted by atomic mass is 10.0. The predicted octanol–water partition coefficient (Wildman–Crippen LogP) is 1.72. The number of amides is 1. The van der Waals surface area contributed by atoms with Gasteiger partial charge in [-0.2, -0.15) is 0 Å². The fourth-order valence-electron chi connectivity index (χ4n) is 2.12. The van der Waals surface area contributed by atoms with E-state index in [4.69, 9.17) is 4.74 Å². The standard InChI is InChI=1S/C13H17BrN2O3/c1-2-15-11-7-19-6-8(11)13(18)16-10-5-3-4-9(14)12(10)17/h3-5,8,11,15,17H,2,6-7H2,1H3,(H,16,18). The summed E-state index contributed by atoms with van der Waals surface area (Å²) in [6.07, 6.45) is 0. The molecule has 1 aliphatic heterocycles. The summed E-state index contributed by atoms with van der Waals surface area (Å²) in [6, 6.07) is 5.16. The van der Waals surface area contributed by atoms with Crippen LogP contribution >= 0.6 is 15.9 Å². The lowest BCUT2D eigenvalue weighted by Crippen LogP contribution is -2.41. The minimum atomic E-state index is -0.238. The van der Waals surface area contributed by atoms with Crippen LogP contribution in [0.1, 0.15) is 6.92 Å². The molecule has 0 saturated carbocycles. The second kappa shape index (κ2) is 6.36. The molecule has 2 atom stereocenters. The zero-order valence-electron chi connectivity index (χ0n) is 10.6. The number of aromatic hydroxyl groups is 1. The summed E-state index contributed by atoms with van der Waals surface area (Å²) in [6.45, 7) is 3.72. The third-order valence-electron chi connectivity index (χ3n) is 3.13. The number of likely N-dealkylation sites (N-methyl/N-ethyl adjacent to an activating group) is 1. The summed E-state index contributed by atoms with van der Waals surface area (Å²) >= 11 is 3.22. The van der Waals surface area contributed by atoms with Crippen molar-refractivity contribution in [2.24, 2.45) is 5.92 Å². The fourth-order valence-corrected chi connectivity index (χ4v) is 2.48. The van der Waals surface area contributed by atoms with Crippen LogP contribution in [-0.2, 0) is 9.53 Å². The van der Waals surface area contributed by atoms with Gasteiger partial charge in [-0.25, -0.2) is 0 Å². The average Bonchev–Trinajstić information content (AvgIpc) is 2.84. The number of halogens is 1. The normalized spacial score (nSPS) is 22.4. The first kappa shape index (κ1) is 14.3. The highest BCUT2D eigenvalue weighted by Gasteiger charge is 2.33. The van der Waals surface area contributed by atoms with Gasteiger partial charge in [-0.05, 0) is 34.6 Å². The first-order valence-electron chi connectivity index (χ1n) is 6.23. The lowest BCUT2D eigenvalue weighted by molar-refractivity contribution is -0.120. The van der Waals surface area contributed by atoms with E-state index in [9.17, 15) is 9.90 Å². The van der Waals surface area contributed by atoms with Crippen molar-refractivity contribution in [1.82, 2.24) is 5.32 Å². The molecule has 2 unspecified atom stereocenters. The molecule has 1 saturated heterocycles. The molecule has 0 aromatic heterocycles. The maximum absolute atomic E-state index is 12.2. The van der Waals surface area contributed by atoms with Gasteiger partial charge in [0.25, 0.3) is 0 Å². The number of phenols is 1. The van der Waals surface area contributed by atoms with Crippen LogP contribution in [0.4, 0.5) is 5.69 Å². The Morgan fingerprint density at radius 2 is 2.32 bits per heavy atom. The molecule has 2 rings (SSSR count). The molecule has 1 aliphatic rings. The van der Waals surface area contributed by atoms with Crippen LogP contribution in [0.2, 0.25) is 0 Å². The molecule has 6 heteroatoms. The summed E-state index contributed by atoms with van der Waals surface area (Å²) in [5, 5.41) is 15.8. The molecule has 1 aromatic carbocycles. The highest BCUT2D eigenvalue weighted by atomic mass is 79.9. The van der Waals surface area contributed by atoms with E-state index in [1.807, 2.05) is 6.92 Å². The third-order valence-corrected chi connectivity index (χ3v) is 3.77. The summed E-state index contributed by atoms with van der Waals surface area (Å²) in [5.41, 5.74) is 0.404. The monoisotopic (exact) mass is 328 g/mol. The Labute approximate surface area is 120 Å². The SMILES string of the molecule is CCNC1COCC1C(=O)Nc1cccc(Br)c1O. The maximum atomic E-state index is 12.2. The van der Waals surface area contributed by atoms with Crippen molar-refractivity contribution in [3.63, 3.8) is 0 Å². The zero-order valence-corrected chi connectivity index (χ0v) is 12.2. The number of carbonyl (C=O) groups is 1. The van der Waals surface area contributed by atoms with Crippen LogP contribution in [0.25, 0.3) is 0 Å². The number of nitrogens with one attached hydrogen (secondary N) is 2. The first-order chi connectivity index (χ1) is 9.13. The van der Waals surface area contributed by atoms with Gasteiger partial charge in [-0.15, -0.1) is 0 Å². The topological polar surface area (TPSA) is 70.6 Å². The fraction of sp³-hybridized carbons (Fsp3) is 0.462. The number of hydrogen-bond donors (Lipinski definition) is 3. The number of phenolic OH excluding ortho intramolecular Hbond substituents is 1. The molecule has 1 heterocycles. The highest BCUT2D eigenvalue weighted by Crippen LogP contribution is 2.32. The molecular formula is C13H17BrN2O3. The van der Waals surface area contributed by atoms with E-state index in [1.54, 1.807) is 18.2 Å². The number of para-hydroxylation sites is 1. The minimum Gasteiger partial charge on any atom is -0.505 e. The summed E-state index contributed by atoms with van der Waals surface area (Å²) in [7, 11) is 0. The number of rotatable bonds is 4. The van der Waals surface area contributed by atoms with Gasteiger partial charge >= 0.3 is 0 Å². The Morgan fingerprint density at radius 3 is 3.05 bits per heavy atom.